The van der Waals surface area contributed by atoms with Crippen molar-refractivity contribution < 1.29 is 0 Å². The lowest BCUT2D eigenvalue weighted by Crippen LogP contribution is -2.10. The first kappa shape index (κ1) is 47.1. The van der Waals surface area contributed by atoms with Crippen LogP contribution in [0.3, 0.4) is 0 Å². The van der Waals surface area contributed by atoms with Crippen molar-refractivity contribution in [2.24, 2.45) is 5.92 Å². The fourth-order valence-corrected chi connectivity index (χ4v) is 3.54. The number of hydrogen-bond acceptors (Lipinski definition) is 0. The molecule has 0 fully saturated rings. The Kier molecular flexibility index (Phi) is 33.5. The van der Waals surface area contributed by atoms with Gasteiger partial charge in [0.2, 0.25) is 0 Å². The summed E-state index contributed by atoms with van der Waals surface area (Å²) in [6.45, 7) is 42.9. The molecule has 1 atom stereocenters. The number of rotatable bonds is 10. The van der Waals surface area contributed by atoms with Crippen molar-refractivity contribution in [2.75, 3.05) is 0 Å². The molecule has 244 valence electrons. The van der Waals surface area contributed by atoms with E-state index in [9.17, 15) is 0 Å². The van der Waals surface area contributed by atoms with Gasteiger partial charge in [-0.3, -0.25) is 0 Å². The largest absolute Gasteiger partial charge is 0.103 e. The first-order valence-corrected chi connectivity index (χ1v) is 16.3. The fourth-order valence-electron chi connectivity index (χ4n) is 3.54. The van der Waals surface area contributed by atoms with E-state index in [1.54, 1.807) is 6.08 Å². The molecule has 0 aromatic heterocycles. The van der Waals surface area contributed by atoms with Gasteiger partial charge in [-0.1, -0.05) is 175 Å². The zero-order valence-corrected chi connectivity index (χ0v) is 31.5. The maximum absolute atomic E-state index is 3.95. The molecule has 0 aliphatic carbocycles. The van der Waals surface area contributed by atoms with Gasteiger partial charge < -0.3 is 0 Å². The van der Waals surface area contributed by atoms with Crippen molar-refractivity contribution in [3.63, 3.8) is 0 Å². The lowest BCUT2D eigenvalue weighted by Gasteiger charge is -2.19. The quantitative estimate of drug-likeness (QED) is 0.188. The lowest BCUT2D eigenvalue weighted by molar-refractivity contribution is 0.532. The molecule has 0 N–H and O–H groups in total. The van der Waals surface area contributed by atoms with Gasteiger partial charge in [-0.15, -0.1) is 6.58 Å². The molecule has 0 amide bonds. The Morgan fingerprint density at radius 3 is 1.93 bits per heavy atom. The van der Waals surface area contributed by atoms with Crippen molar-refractivity contribution in [1.82, 2.24) is 0 Å². The van der Waals surface area contributed by atoms with Crippen molar-refractivity contribution in [3.8, 4) is 0 Å². The molecule has 1 unspecified atom stereocenters. The molecule has 0 bridgehead atoms. The molecule has 43 heavy (non-hydrogen) atoms. The van der Waals surface area contributed by atoms with E-state index >= 15 is 0 Å². The minimum absolute atomic E-state index is 0.228. The summed E-state index contributed by atoms with van der Waals surface area (Å²) in [5.41, 5.74) is 9.41. The average molecular weight is 589 g/mol. The summed E-state index contributed by atoms with van der Waals surface area (Å²) in [5.74, 6) is 0.826. The Bertz CT molecular complexity index is 1010. The second-order valence-corrected chi connectivity index (χ2v) is 12.0. The molecule has 0 saturated heterocycles. The number of allylic oxidation sites excluding steroid dienone is 13. The molecule has 0 heterocycles. The van der Waals surface area contributed by atoms with E-state index in [1.165, 1.54) is 52.7 Å². The third kappa shape index (κ3) is 30.4. The van der Waals surface area contributed by atoms with Crippen LogP contribution in [0, 0.1) is 5.92 Å². The topological polar surface area (TPSA) is 0 Å². The standard InChI is InChI=1S/C14H24.C13H18.C11H18.C3H6.C2H6/c1-5-9-13(3)11-7-8-12-14(4)10-6-2;1-10(2)11-7-6-8-12(9-11)13(3,4)5;1-6-9(3)8-11(5)10(4)7-2;1-3-2;1-2/h5,7-9,11,14H,6,10,12H2,1-4H3;6-9H,1H2,2-5H3;6-7H,2,8H2,1,3-5H3;3H,1H2,2H3;1-2H3/b8-7-,9-5+,13-11-;;9-6?,11-10+;;. The molecule has 1 aromatic rings. The summed E-state index contributed by atoms with van der Waals surface area (Å²) in [6, 6.07) is 8.61. The Hall–Kier alpha value is -2.86. The second kappa shape index (κ2) is 30.6. The van der Waals surface area contributed by atoms with Crippen LogP contribution in [0.15, 0.2) is 115 Å². The predicted molar refractivity (Wildman–Crippen MR) is 206 cm³/mol. The van der Waals surface area contributed by atoms with Crippen LogP contribution in [-0.2, 0) is 5.41 Å². The SMILES string of the molecule is C/C=C/C(C)=C\C=C/CC(C)CCC.C=C(C)c1cccc(C(C)(C)C)c1.C=C/C(C)=C(\C)CC(C)=CC.C=CC.CC. The van der Waals surface area contributed by atoms with Crippen molar-refractivity contribution in [1.29, 1.82) is 0 Å². The van der Waals surface area contributed by atoms with E-state index < -0.39 is 0 Å². The van der Waals surface area contributed by atoms with Crippen molar-refractivity contribution in [2.45, 2.75) is 135 Å². The van der Waals surface area contributed by atoms with Crippen LogP contribution < -0.4 is 0 Å². The zero-order valence-electron chi connectivity index (χ0n) is 31.5. The summed E-state index contributed by atoms with van der Waals surface area (Å²) in [5, 5.41) is 0. The van der Waals surface area contributed by atoms with E-state index in [2.05, 4.69) is 150 Å². The van der Waals surface area contributed by atoms with Gasteiger partial charge in [0.05, 0.1) is 0 Å². The molecule has 0 radical (unpaired) electrons. The molecular weight excluding hydrogens is 516 g/mol. The third-order valence-corrected chi connectivity index (χ3v) is 6.48. The van der Waals surface area contributed by atoms with E-state index in [-0.39, 0.29) is 5.41 Å². The first-order valence-electron chi connectivity index (χ1n) is 16.3. The Balaban J connectivity index is -0.000000247. The summed E-state index contributed by atoms with van der Waals surface area (Å²) in [6.07, 6.45) is 21.5. The Morgan fingerprint density at radius 1 is 0.953 bits per heavy atom. The van der Waals surface area contributed by atoms with E-state index in [1.807, 2.05) is 40.7 Å². The molecule has 0 spiro atoms. The first-order chi connectivity index (χ1) is 20.1. The number of benzene rings is 1. The molecular formula is C43H72. The summed E-state index contributed by atoms with van der Waals surface area (Å²) in [7, 11) is 0. The highest BCUT2D eigenvalue weighted by atomic mass is 14.2. The van der Waals surface area contributed by atoms with Gasteiger partial charge in [-0.2, -0.15) is 0 Å². The van der Waals surface area contributed by atoms with Gasteiger partial charge in [0.15, 0.2) is 0 Å². The van der Waals surface area contributed by atoms with Crippen LogP contribution in [0.25, 0.3) is 5.57 Å². The molecule has 0 heteroatoms. The average Bonchev–Trinajstić information content (AvgIpc) is 2.97. The highest BCUT2D eigenvalue weighted by Crippen LogP contribution is 2.24. The monoisotopic (exact) mass is 589 g/mol. The maximum Gasteiger partial charge on any atom is -0.0108 e. The van der Waals surface area contributed by atoms with Gasteiger partial charge >= 0.3 is 0 Å². The van der Waals surface area contributed by atoms with Gasteiger partial charge in [0.25, 0.3) is 0 Å². The van der Waals surface area contributed by atoms with Crippen LogP contribution in [0.2, 0.25) is 0 Å². The molecule has 0 aliphatic heterocycles. The van der Waals surface area contributed by atoms with Gasteiger partial charge in [-0.25, -0.2) is 0 Å². The number of hydrogen-bond donors (Lipinski definition) is 0. The highest BCUT2D eigenvalue weighted by molar-refractivity contribution is 5.62. The van der Waals surface area contributed by atoms with Crippen LogP contribution in [0.5, 0.6) is 0 Å². The molecule has 0 nitrogen and oxygen atoms in total. The lowest BCUT2D eigenvalue weighted by atomic mass is 9.85. The Morgan fingerprint density at radius 2 is 1.51 bits per heavy atom. The molecule has 0 saturated carbocycles. The van der Waals surface area contributed by atoms with Crippen molar-refractivity contribution >= 4 is 5.57 Å². The van der Waals surface area contributed by atoms with Crippen LogP contribution in [-0.4, -0.2) is 0 Å². The van der Waals surface area contributed by atoms with Crippen LogP contribution in [0.4, 0.5) is 0 Å². The van der Waals surface area contributed by atoms with Crippen LogP contribution >= 0.6 is 0 Å². The third-order valence-electron chi connectivity index (χ3n) is 6.48. The fraction of sp³-hybridized carbons (Fsp3) is 0.488. The van der Waals surface area contributed by atoms with Crippen LogP contribution in [0.1, 0.15) is 141 Å². The summed E-state index contributed by atoms with van der Waals surface area (Å²) in [4.78, 5) is 0. The van der Waals surface area contributed by atoms with Gasteiger partial charge in [-0.05, 0) is 90.7 Å². The van der Waals surface area contributed by atoms with E-state index in [0.717, 1.165) is 17.9 Å². The summed E-state index contributed by atoms with van der Waals surface area (Å²) >= 11 is 0. The highest BCUT2D eigenvalue weighted by Gasteiger charge is 2.13. The van der Waals surface area contributed by atoms with E-state index in [0.29, 0.717) is 0 Å². The molecule has 1 rings (SSSR count). The summed E-state index contributed by atoms with van der Waals surface area (Å²) < 4.78 is 0. The maximum atomic E-state index is 3.95. The predicted octanol–water partition coefficient (Wildman–Crippen LogP) is 15.0. The second-order valence-electron chi connectivity index (χ2n) is 12.0. The molecule has 0 aliphatic rings. The smallest absolute Gasteiger partial charge is 0.0108 e. The normalized spacial score (nSPS) is 12.6. The minimum Gasteiger partial charge on any atom is -0.103 e. The van der Waals surface area contributed by atoms with Crippen molar-refractivity contribution in [3.05, 3.63) is 126 Å². The minimum atomic E-state index is 0.228. The van der Waals surface area contributed by atoms with E-state index in [4.69, 9.17) is 0 Å². The van der Waals surface area contributed by atoms with Gasteiger partial charge in [0.1, 0.15) is 0 Å². The zero-order chi connectivity index (χ0) is 34.4. The molecule has 1 aromatic carbocycles. The Labute approximate surface area is 271 Å². The van der Waals surface area contributed by atoms with Gasteiger partial charge in [0, 0.05) is 0 Å².